The molecule has 0 spiro atoms. The lowest BCUT2D eigenvalue weighted by molar-refractivity contribution is -0.384. The smallest absolute Gasteiger partial charge is 0.304 e. The van der Waals surface area contributed by atoms with Gasteiger partial charge < -0.3 is 9.80 Å². The lowest BCUT2D eigenvalue weighted by Gasteiger charge is -2.32. The Balaban J connectivity index is 1.66. The summed E-state index contributed by atoms with van der Waals surface area (Å²) >= 11 is 0. The molecule has 4 rings (SSSR count). The van der Waals surface area contributed by atoms with E-state index in [1.54, 1.807) is 4.57 Å². The van der Waals surface area contributed by atoms with E-state index in [0.29, 0.717) is 18.6 Å². The van der Waals surface area contributed by atoms with Crippen LogP contribution in [0.3, 0.4) is 0 Å². The summed E-state index contributed by atoms with van der Waals surface area (Å²) in [7, 11) is 2.08. The molecule has 0 N–H and O–H groups in total. The first-order valence-electron chi connectivity index (χ1n) is 11.5. The summed E-state index contributed by atoms with van der Waals surface area (Å²) in [6.45, 7) is 7.81. The first-order valence-corrected chi connectivity index (χ1v) is 11.5. The van der Waals surface area contributed by atoms with Gasteiger partial charge in [-0.3, -0.25) is 28.9 Å². The first-order chi connectivity index (χ1) is 15.4. The highest BCUT2D eigenvalue weighted by atomic mass is 16.6. The number of likely N-dealkylation sites (tertiary alicyclic amines) is 1. The second kappa shape index (κ2) is 9.93. The predicted octanol–water partition coefficient (Wildman–Crippen LogP) is 0.805. The van der Waals surface area contributed by atoms with Gasteiger partial charge in [0.15, 0.2) is 0 Å². The monoisotopic (exact) mass is 444 g/mol. The molecular weight excluding hydrogens is 412 g/mol. The Bertz CT molecular complexity index is 1080. The van der Waals surface area contributed by atoms with Gasteiger partial charge in [0.2, 0.25) is 0 Å². The maximum Gasteiger partial charge on any atom is 0.331 e. The molecule has 2 saturated heterocycles. The van der Waals surface area contributed by atoms with Crippen LogP contribution in [0.25, 0.3) is 10.9 Å². The van der Waals surface area contributed by atoms with Gasteiger partial charge in [-0.05, 0) is 39.0 Å². The van der Waals surface area contributed by atoms with Crippen LogP contribution in [-0.2, 0) is 13.1 Å². The fraction of sp³-hybridized carbons (Fsp3) is 0.636. The molecule has 0 aliphatic carbocycles. The van der Waals surface area contributed by atoms with Gasteiger partial charge >= 0.3 is 5.69 Å². The van der Waals surface area contributed by atoms with Crippen LogP contribution in [0.2, 0.25) is 0 Å². The van der Waals surface area contributed by atoms with Crippen molar-refractivity contribution in [3.05, 3.63) is 49.2 Å². The average molecular weight is 445 g/mol. The minimum atomic E-state index is -0.503. The van der Waals surface area contributed by atoms with Gasteiger partial charge in [-0.2, -0.15) is 0 Å². The summed E-state index contributed by atoms with van der Waals surface area (Å²) in [6, 6.07) is 4.21. The molecule has 32 heavy (non-hydrogen) atoms. The number of hydrogen-bond acceptors (Lipinski definition) is 7. The summed E-state index contributed by atoms with van der Waals surface area (Å²) < 4.78 is 2.89. The number of hydrogen-bond donors (Lipinski definition) is 0. The SMILES string of the molecule is CN1CCN(CCn2c(=O)c3cc([N+](=O)[O-])ccc3n(CCN3CCCCC3)c2=O)CC1. The molecule has 0 atom stereocenters. The van der Waals surface area contributed by atoms with Crippen LogP contribution in [0, 0.1) is 10.1 Å². The Labute approximate surface area is 186 Å². The minimum Gasteiger partial charge on any atom is -0.304 e. The number of fused-ring (bicyclic) bond motifs is 1. The number of nitrogens with zero attached hydrogens (tertiary/aromatic N) is 6. The number of piperidine rings is 1. The highest BCUT2D eigenvalue weighted by molar-refractivity contribution is 5.80. The molecule has 2 aliphatic heterocycles. The van der Waals surface area contributed by atoms with Gasteiger partial charge in [0.1, 0.15) is 0 Å². The molecule has 0 bridgehead atoms. The molecule has 10 heteroatoms. The topological polar surface area (TPSA) is 96.9 Å². The van der Waals surface area contributed by atoms with Crippen LogP contribution in [0.15, 0.2) is 27.8 Å². The van der Waals surface area contributed by atoms with Crippen molar-refractivity contribution in [3.8, 4) is 0 Å². The fourth-order valence-electron chi connectivity index (χ4n) is 4.68. The average Bonchev–Trinajstić information content (AvgIpc) is 2.80. The third-order valence-electron chi connectivity index (χ3n) is 6.74. The van der Waals surface area contributed by atoms with Gasteiger partial charge in [-0.1, -0.05) is 6.42 Å². The van der Waals surface area contributed by atoms with Crippen molar-refractivity contribution in [2.75, 3.05) is 59.4 Å². The second-order valence-corrected chi connectivity index (χ2v) is 8.90. The van der Waals surface area contributed by atoms with E-state index in [4.69, 9.17) is 0 Å². The fourth-order valence-corrected chi connectivity index (χ4v) is 4.68. The van der Waals surface area contributed by atoms with Crippen LogP contribution in [-0.4, -0.2) is 88.2 Å². The van der Waals surface area contributed by atoms with Crippen LogP contribution in [0.4, 0.5) is 5.69 Å². The number of nitro groups is 1. The number of aromatic nitrogens is 2. The number of benzene rings is 1. The zero-order valence-corrected chi connectivity index (χ0v) is 18.7. The largest absolute Gasteiger partial charge is 0.331 e. The molecule has 1 aromatic heterocycles. The van der Waals surface area contributed by atoms with Crippen molar-refractivity contribution < 1.29 is 4.92 Å². The number of rotatable bonds is 7. The maximum atomic E-state index is 13.4. The Morgan fingerprint density at radius 1 is 0.844 bits per heavy atom. The van der Waals surface area contributed by atoms with Crippen LogP contribution in [0.5, 0.6) is 0 Å². The molecule has 2 aromatic rings. The van der Waals surface area contributed by atoms with E-state index in [-0.39, 0.29) is 23.3 Å². The number of nitro benzene ring substituents is 1. The van der Waals surface area contributed by atoms with E-state index >= 15 is 0 Å². The molecule has 0 radical (unpaired) electrons. The van der Waals surface area contributed by atoms with Gasteiger partial charge in [0.25, 0.3) is 11.2 Å². The molecule has 10 nitrogen and oxygen atoms in total. The van der Waals surface area contributed by atoms with E-state index in [2.05, 4.69) is 21.7 Å². The van der Waals surface area contributed by atoms with E-state index in [0.717, 1.165) is 58.7 Å². The van der Waals surface area contributed by atoms with Gasteiger partial charge in [0, 0.05) is 64.5 Å². The minimum absolute atomic E-state index is 0.138. The maximum absolute atomic E-state index is 13.4. The third kappa shape index (κ3) is 4.92. The van der Waals surface area contributed by atoms with Gasteiger partial charge in [0.05, 0.1) is 15.8 Å². The Kier molecular flexibility index (Phi) is 7.02. The summed E-state index contributed by atoms with van der Waals surface area (Å²) in [6.07, 6.45) is 3.55. The normalized spacial score (nSPS) is 18.9. The van der Waals surface area contributed by atoms with Crippen molar-refractivity contribution >= 4 is 16.6 Å². The summed E-state index contributed by atoms with van der Waals surface area (Å²) in [4.78, 5) is 44.2. The van der Waals surface area contributed by atoms with E-state index in [9.17, 15) is 19.7 Å². The van der Waals surface area contributed by atoms with Gasteiger partial charge in [-0.25, -0.2) is 4.79 Å². The van der Waals surface area contributed by atoms with Crippen LogP contribution in [0.1, 0.15) is 19.3 Å². The van der Waals surface area contributed by atoms with Crippen molar-refractivity contribution in [1.82, 2.24) is 23.8 Å². The van der Waals surface area contributed by atoms with E-state index in [1.165, 1.54) is 29.2 Å². The van der Waals surface area contributed by atoms with E-state index in [1.807, 2.05) is 0 Å². The highest BCUT2D eigenvalue weighted by Crippen LogP contribution is 2.18. The van der Waals surface area contributed by atoms with Crippen LogP contribution < -0.4 is 11.2 Å². The molecule has 0 saturated carbocycles. The summed E-state index contributed by atoms with van der Waals surface area (Å²) in [5.74, 6) is 0. The lowest BCUT2D eigenvalue weighted by atomic mass is 10.1. The number of non-ortho nitro benzene ring substituents is 1. The number of likely N-dealkylation sites (N-methyl/N-ethyl adjacent to an activating group) is 1. The zero-order valence-electron chi connectivity index (χ0n) is 18.7. The Morgan fingerprint density at radius 3 is 2.12 bits per heavy atom. The van der Waals surface area contributed by atoms with Crippen molar-refractivity contribution in [1.29, 1.82) is 0 Å². The van der Waals surface area contributed by atoms with Crippen LogP contribution >= 0.6 is 0 Å². The third-order valence-corrected chi connectivity index (χ3v) is 6.74. The molecule has 174 valence electrons. The zero-order chi connectivity index (χ0) is 22.7. The molecule has 2 aliphatic rings. The second-order valence-electron chi connectivity index (χ2n) is 8.90. The highest BCUT2D eigenvalue weighted by Gasteiger charge is 2.19. The van der Waals surface area contributed by atoms with E-state index < -0.39 is 10.5 Å². The molecule has 0 unspecified atom stereocenters. The quantitative estimate of drug-likeness (QED) is 0.460. The molecular formula is C22H32N6O4. The Hall–Kier alpha value is -2.56. The van der Waals surface area contributed by atoms with Crippen molar-refractivity contribution in [2.24, 2.45) is 0 Å². The van der Waals surface area contributed by atoms with Gasteiger partial charge in [-0.15, -0.1) is 0 Å². The first kappa shape index (κ1) is 22.6. The summed E-state index contributed by atoms with van der Waals surface area (Å²) in [5.41, 5.74) is -0.445. The Morgan fingerprint density at radius 2 is 1.47 bits per heavy atom. The standard InChI is InChI=1S/C22H32N6O4/c1-23-9-11-25(12-10-23)14-16-27-21(29)19-17-18(28(31)32)5-6-20(19)26(22(27)30)15-13-24-7-3-2-4-8-24/h5-6,17H,2-4,7-16H2,1H3. The molecule has 3 heterocycles. The number of piperazine rings is 1. The van der Waals surface area contributed by atoms with Crippen molar-refractivity contribution in [2.45, 2.75) is 32.4 Å². The summed E-state index contributed by atoms with van der Waals surface area (Å²) in [5, 5.41) is 11.5. The lowest BCUT2D eigenvalue weighted by Crippen LogP contribution is -2.48. The molecule has 2 fully saturated rings. The molecule has 1 aromatic carbocycles. The van der Waals surface area contributed by atoms with Crippen molar-refractivity contribution in [3.63, 3.8) is 0 Å². The molecule has 0 amide bonds. The predicted molar refractivity (Wildman–Crippen MR) is 123 cm³/mol.